The van der Waals surface area contributed by atoms with E-state index >= 15 is 0 Å². The van der Waals surface area contributed by atoms with E-state index in [1.54, 1.807) is 30.3 Å². The number of phosphoric acid groups is 1. The Hall–Kier alpha value is 2.77. The smallest absolute Gasteiger partial charge is 0.790 e. The Morgan fingerprint density at radius 3 is 2.06 bits per heavy atom. The molecule has 2 N–H and O–H groups in total. The summed E-state index contributed by atoms with van der Waals surface area (Å²) in [6.07, 6.45) is 0.139. The van der Waals surface area contributed by atoms with E-state index in [-0.39, 0.29) is 95.1 Å². The van der Waals surface area contributed by atoms with Crippen LogP contribution in [0.4, 0.5) is 0 Å². The molecule has 0 aliphatic heterocycles. The van der Waals surface area contributed by atoms with Crippen LogP contribution in [-0.4, -0.2) is 18.8 Å². The molecule has 0 heterocycles. The van der Waals surface area contributed by atoms with Gasteiger partial charge in [-0.3, -0.25) is 0 Å². The first kappa shape index (κ1) is 36.9. The second-order valence-electron chi connectivity index (χ2n) is 5.55. The molecule has 16 heteroatoms. The number of benzene rings is 2. The van der Waals surface area contributed by atoms with E-state index < -0.39 is 26.6 Å². The van der Waals surface area contributed by atoms with Gasteiger partial charge in [-0.1, -0.05) is 0 Å². The van der Waals surface area contributed by atoms with Crippen LogP contribution in [0.1, 0.15) is 5.56 Å². The van der Waals surface area contributed by atoms with Crippen molar-refractivity contribution < 1.29 is 127 Å². The fourth-order valence-corrected chi connectivity index (χ4v) is 5.04. The molecule has 32 heavy (non-hydrogen) atoms. The Kier molecular flexibility index (Phi) is 20.0. The standard InChI is InChI=1S/C16H15I3NO8P.3Na/c17-10-6-9(1-2-14(10)26-7-27-29(23,24)25)28-15-11(18)3-8(4-12(15)19)5-13(20)16(21)22;;;/h1-4,6,13H,5,7,20H2,(H,21,22)(H2,23,24,25);;;/q;3*+1/p-3/t13-;;;/m0.../s1. The van der Waals surface area contributed by atoms with Gasteiger partial charge in [0.1, 0.15) is 11.5 Å². The van der Waals surface area contributed by atoms with Gasteiger partial charge in [-0.2, -0.15) is 0 Å². The summed E-state index contributed by atoms with van der Waals surface area (Å²) in [5.74, 6) is 0.0905. The maximum atomic E-state index is 10.8. The van der Waals surface area contributed by atoms with Gasteiger partial charge >= 0.3 is 88.7 Å². The summed E-state index contributed by atoms with van der Waals surface area (Å²) in [6.45, 7) is -0.717. The molecule has 0 fully saturated rings. The van der Waals surface area contributed by atoms with Crippen molar-refractivity contribution in [1.29, 1.82) is 0 Å². The van der Waals surface area contributed by atoms with Gasteiger partial charge in [0.15, 0.2) is 12.5 Å². The molecule has 2 aromatic carbocycles. The molecule has 2 rings (SSSR count). The van der Waals surface area contributed by atoms with Crippen molar-refractivity contribution in [3.8, 4) is 17.2 Å². The molecule has 0 aliphatic carbocycles. The van der Waals surface area contributed by atoms with Crippen molar-refractivity contribution >= 4 is 81.6 Å². The number of ether oxygens (including phenoxy) is 2. The Labute approximate surface area is 292 Å². The number of halogens is 3. The van der Waals surface area contributed by atoms with E-state index in [1.807, 2.05) is 22.6 Å². The molecule has 1 atom stereocenters. The predicted molar refractivity (Wildman–Crippen MR) is 122 cm³/mol. The molecule has 158 valence electrons. The number of hydrogen-bond acceptors (Lipinski definition) is 9. The fourth-order valence-electron chi connectivity index (χ4n) is 2.10. The maximum absolute atomic E-state index is 10.8. The summed E-state index contributed by atoms with van der Waals surface area (Å²) in [5, 5.41) is 10.8. The Morgan fingerprint density at radius 1 is 1.03 bits per heavy atom. The summed E-state index contributed by atoms with van der Waals surface area (Å²) in [6, 6.07) is 7.29. The van der Waals surface area contributed by atoms with Crippen molar-refractivity contribution in [3.63, 3.8) is 0 Å². The van der Waals surface area contributed by atoms with Gasteiger partial charge in [-0.05, 0) is 110 Å². The molecule has 0 bridgehead atoms. The first-order valence-electron chi connectivity index (χ1n) is 7.67. The topological polar surface area (TPSA) is 157 Å². The second-order valence-corrected chi connectivity index (χ2v) is 10.2. The summed E-state index contributed by atoms with van der Waals surface area (Å²) in [4.78, 5) is 31.7. The van der Waals surface area contributed by atoms with Crippen LogP contribution in [0, 0.1) is 10.7 Å². The van der Waals surface area contributed by atoms with Crippen molar-refractivity contribution in [1.82, 2.24) is 0 Å². The predicted octanol–water partition coefficient (Wildman–Crippen LogP) is -7.89. The average molecular weight is 827 g/mol. The molecular weight excluding hydrogens is 815 g/mol. The molecule has 2 aromatic rings. The van der Waals surface area contributed by atoms with Gasteiger partial charge in [-0.15, -0.1) is 0 Å². The minimum absolute atomic E-state index is 0. The summed E-state index contributed by atoms with van der Waals surface area (Å²) < 4.78 is 27.7. The van der Waals surface area contributed by atoms with Crippen LogP contribution >= 0.6 is 75.6 Å². The number of carboxylic acids is 1. The van der Waals surface area contributed by atoms with Gasteiger partial charge in [-0.25, -0.2) is 0 Å². The zero-order valence-electron chi connectivity index (χ0n) is 17.3. The van der Waals surface area contributed by atoms with Gasteiger partial charge < -0.3 is 44.0 Å². The molecule has 0 spiro atoms. The normalized spacial score (nSPS) is 11.3. The molecule has 0 aliphatic rings. The number of phosphoric ester groups is 1. The first-order chi connectivity index (χ1) is 13.5. The van der Waals surface area contributed by atoms with E-state index in [1.165, 1.54) is 0 Å². The number of hydrogen-bond donors (Lipinski definition) is 1. The van der Waals surface area contributed by atoms with Crippen molar-refractivity contribution in [2.75, 3.05) is 6.79 Å². The average Bonchev–Trinajstić information content (AvgIpc) is 2.59. The van der Waals surface area contributed by atoms with Gasteiger partial charge in [0.25, 0.3) is 0 Å². The number of carbonyl (C=O) groups excluding carboxylic acids is 1. The van der Waals surface area contributed by atoms with Crippen LogP contribution in [0.25, 0.3) is 0 Å². The van der Waals surface area contributed by atoms with Crippen molar-refractivity contribution in [2.24, 2.45) is 5.73 Å². The molecule has 0 unspecified atom stereocenters. The van der Waals surface area contributed by atoms with E-state index in [4.69, 9.17) is 15.2 Å². The zero-order chi connectivity index (χ0) is 21.8. The number of carboxylic acid groups (broad SMARTS) is 1. The molecule has 0 saturated carbocycles. The van der Waals surface area contributed by atoms with Crippen LogP contribution in [0.3, 0.4) is 0 Å². The molecule has 0 saturated heterocycles. The number of nitrogens with two attached hydrogens (primary N) is 1. The molecule has 0 radical (unpaired) electrons. The van der Waals surface area contributed by atoms with Crippen LogP contribution < -0.4 is 119 Å². The number of aliphatic carboxylic acids is 1. The van der Waals surface area contributed by atoms with Crippen LogP contribution in [0.15, 0.2) is 30.3 Å². The second kappa shape index (κ2) is 17.3. The molecular formula is C16H12I3NNa3O8P. The van der Waals surface area contributed by atoms with Crippen LogP contribution in [-0.2, 0) is 20.3 Å². The Morgan fingerprint density at radius 2 is 1.59 bits per heavy atom. The van der Waals surface area contributed by atoms with Crippen LogP contribution in [0.2, 0.25) is 0 Å². The van der Waals surface area contributed by atoms with Crippen LogP contribution in [0.5, 0.6) is 17.2 Å². The van der Waals surface area contributed by atoms with E-state index in [2.05, 4.69) is 49.7 Å². The fraction of sp³-hybridized carbons (Fsp3) is 0.188. The van der Waals surface area contributed by atoms with Crippen molar-refractivity contribution in [3.05, 3.63) is 46.6 Å². The SMILES string of the molecule is N[C@@H](Cc1cc(I)c(Oc2ccc(OCOP(=O)([O-])[O-])c(I)c2)c(I)c1)C(=O)[O-].[Na+].[Na+].[Na+]. The van der Waals surface area contributed by atoms with Gasteiger partial charge in [0, 0.05) is 6.04 Å². The third-order valence-corrected chi connectivity index (χ3v) is 6.23. The van der Waals surface area contributed by atoms with E-state index in [0.29, 0.717) is 20.8 Å². The van der Waals surface area contributed by atoms with Gasteiger partial charge in [0.05, 0.1) is 24.5 Å². The maximum Gasteiger partial charge on any atom is 1.00 e. The Balaban J connectivity index is 0. The quantitative estimate of drug-likeness (QED) is 0.112. The van der Waals surface area contributed by atoms with E-state index in [0.717, 1.165) is 12.7 Å². The number of carbonyl (C=O) groups is 1. The Bertz CT molecular complexity index is 943. The van der Waals surface area contributed by atoms with E-state index in [9.17, 15) is 24.3 Å². The molecule has 0 amide bonds. The summed E-state index contributed by atoms with van der Waals surface area (Å²) in [5.41, 5.74) is 6.28. The third kappa shape index (κ3) is 12.8. The minimum Gasteiger partial charge on any atom is -0.790 e. The zero-order valence-corrected chi connectivity index (χ0v) is 30.7. The monoisotopic (exact) mass is 827 g/mol. The first-order valence-corrected chi connectivity index (χ1v) is 12.4. The minimum atomic E-state index is -5.10. The summed E-state index contributed by atoms with van der Waals surface area (Å²) >= 11 is 6.13. The third-order valence-electron chi connectivity index (χ3n) is 3.36. The van der Waals surface area contributed by atoms with Gasteiger partial charge in [0.2, 0.25) is 0 Å². The van der Waals surface area contributed by atoms with Crippen molar-refractivity contribution in [2.45, 2.75) is 12.5 Å². The molecule has 0 aromatic heterocycles. The number of rotatable bonds is 9. The molecule has 9 nitrogen and oxygen atoms in total. The summed E-state index contributed by atoms with van der Waals surface area (Å²) in [7, 11) is -5.10. The largest absolute Gasteiger partial charge is 1.00 e.